The van der Waals surface area contributed by atoms with Crippen LogP contribution in [0.15, 0.2) is 24.3 Å². The summed E-state index contributed by atoms with van der Waals surface area (Å²) in [6.45, 7) is 4.00. The Labute approximate surface area is 111 Å². The average Bonchev–Trinajstić information content (AvgIpc) is 2.91. The van der Waals surface area contributed by atoms with Crippen LogP contribution in [0.5, 0.6) is 5.75 Å². The lowest BCUT2D eigenvalue weighted by Crippen LogP contribution is -2.25. The zero-order chi connectivity index (χ0) is 12.6. The molecule has 1 N–H and O–H groups in total. The Morgan fingerprint density at radius 1 is 1.17 bits per heavy atom. The van der Waals surface area contributed by atoms with Gasteiger partial charge in [0.25, 0.3) is 0 Å². The molecule has 0 aliphatic heterocycles. The SMILES string of the molecule is CCCCOc1ccc(CNC2CCCC2)cc1. The molecule has 0 amide bonds. The Hall–Kier alpha value is -1.02. The normalized spacial score (nSPS) is 16.1. The molecule has 2 heteroatoms. The fourth-order valence-electron chi connectivity index (χ4n) is 2.43. The van der Waals surface area contributed by atoms with Gasteiger partial charge in [0.1, 0.15) is 5.75 Å². The highest BCUT2D eigenvalue weighted by Gasteiger charge is 2.13. The standard InChI is InChI=1S/C16H25NO/c1-2-3-12-18-16-10-8-14(9-11-16)13-17-15-6-4-5-7-15/h8-11,15,17H,2-7,12-13H2,1H3. The molecule has 1 aliphatic carbocycles. The molecule has 1 aliphatic rings. The predicted molar refractivity (Wildman–Crippen MR) is 75.9 cm³/mol. The Morgan fingerprint density at radius 2 is 1.89 bits per heavy atom. The molecule has 1 fully saturated rings. The number of unbranched alkanes of at least 4 members (excludes halogenated alkanes) is 1. The molecule has 2 nitrogen and oxygen atoms in total. The molecule has 100 valence electrons. The van der Waals surface area contributed by atoms with Gasteiger partial charge in [-0.1, -0.05) is 38.3 Å². The molecule has 0 atom stereocenters. The van der Waals surface area contributed by atoms with Gasteiger partial charge in [-0.25, -0.2) is 0 Å². The largest absolute Gasteiger partial charge is 0.494 e. The van der Waals surface area contributed by atoms with Crippen molar-refractivity contribution in [2.24, 2.45) is 0 Å². The van der Waals surface area contributed by atoms with Gasteiger partial charge in [0.2, 0.25) is 0 Å². The molecule has 0 aromatic heterocycles. The Kier molecular flexibility index (Phi) is 5.53. The van der Waals surface area contributed by atoms with Gasteiger partial charge in [-0.15, -0.1) is 0 Å². The highest BCUT2D eigenvalue weighted by Crippen LogP contribution is 2.18. The van der Waals surface area contributed by atoms with Gasteiger partial charge in [0.15, 0.2) is 0 Å². The lowest BCUT2D eigenvalue weighted by Gasteiger charge is -2.12. The van der Waals surface area contributed by atoms with Gasteiger partial charge in [0.05, 0.1) is 6.61 Å². The fraction of sp³-hybridized carbons (Fsp3) is 0.625. The van der Waals surface area contributed by atoms with Crippen molar-refractivity contribution < 1.29 is 4.74 Å². The summed E-state index contributed by atoms with van der Waals surface area (Å²) >= 11 is 0. The van der Waals surface area contributed by atoms with E-state index in [0.717, 1.165) is 31.4 Å². The molecular weight excluding hydrogens is 222 g/mol. The van der Waals surface area contributed by atoms with Crippen molar-refractivity contribution in [1.29, 1.82) is 0 Å². The molecule has 0 spiro atoms. The van der Waals surface area contributed by atoms with E-state index in [1.165, 1.54) is 37.7 Å². The third-order valence-corrected chi connectivity index (χ3v) is 3.64. The second-order valence-electron chi connectivity index (χ2n) is 5.21. The minimum absolute atomic E-state index is 0.741. The van der Waals surface area contributed by atoms with E-state index in [1.54, 1.807) is 0 Å². The summed E-state index contributed by atoms with van der Waals surface area (Å²) in [4.78, 5) is 0. The topological polar surface area (TPSA) is 21.3 Å². The number of hydrogen-bond acceptors (Lipinski definition) is 2. The van der Waals surface area contributed by atoms with Crippen LogP contribution >= 0.6 is 0 Å². The molecule has 0 unspecified atom stereocenters. The van der Waals surface area contributed by atoms with Crippen molar-refractivity contribution in [3.8, 4) is 5.75 Å². The summed E-state index contributed by atoms with van der Waals surface area (Å²) in [5, 5.41) is 3.63. The summed E-state index contributed by atoms with van der Waals surface area (Å²) in [5.74, 6) is 0.994. The first-order valence-electron chi connectivity index (χ1n) is 7.33. The quantitative estimate of drug-likeness (QED) is 0.738. The van der Waals surface area contributed by atoms with Gasteiger partial charge in [-0.3, -0.25) is 0 Å². The Bertz CT molecular complexity index is 327. The Balaban J connectivity index is 1.72. The second kappa shape index (κ2) is 7.42. The van der Waals surface area contributed by atoms with Gasteiger partial charge in [0, 0.05) is 12.6 Å². The second-order valence-corrected chi connectivity index (χ2v) is 5.21. The van der Waals surface area contributed by atoms with Crippen LogP contribution in [0, 0.1) is 0 Å². The van der Waals surface area contributed by atoms with E-state index in [1.807, 2.05) is 0 Å². The summed E-state index contributed by atoms with van der Waals surface area (Å²) in [7, 11) is 0. The van der Waals surface area contributed by atoms with E-state index in [2.05, 4.69) is 36.5 Å². The first kappa shape index (κ1) is 13.4. The smallest absolute Gasteiger partial charge is 0.119 e. The molecule has 1 saturated carbocycles. The third-order valence-electron chi connectivity index (χ3n) is 3.64. The zero-order valence-corrected chi connectivity index (χ0v) is 11.5. The van der Waals surface area contributed by atoms with Crippen LogP contribution in [-0.2, 0) is 6.54 Å². The van der Waals surface area contributed by atoms with Crippen LogP contribution in [0.4, 0.5) is 0 Å². The van der Waals surface area contributed by atoms with Crippen LogP contribution in [0.2, 0.25) is 0 Å². The van der Waals surface area contributed by atoms with Gasteiger partial charge < -0.3 is 10.1 Å². The van der Waals surface area contributed by atoms with Crippen molar-refractivity contribution >= 4 is 0 Å². The predicted octanol–water partition coefficient (Wildman–Crippen LogP) is 3.90. The van der Waals surface area contributed by atoms with Crippen molar-refractivity contribution in [3.63, 3.8) is 0 Å². The molecular formula is C16H25NO. The van der Waals surface area contributed by atoms with Crippen LogP contribution in [-0.4, -0.2) is 12.6 Å². The number of nitrogens with one attached hydrogen (secondary N) is 1. The maximum absolute atomic E-state index is 5.66. The van der Waals surface area contributed by atoms with Crippen molar-refractivity contribution in [3.05, 3.63) is 29.8 Å². The van der Waals surface area contributed by atoms with E-state index in [0.29, 0.717) is 0 Å². The highest BCUT2D eigenvalue weighted by atomic mass is 16.5. The average molecular weight is 247 g/mol. The molecule has 1 aromatic carbocycles. The number of benzene rings is 1. The molecule has 0 heterocycles. The first-order valence-corrected chi connectivity index (χ1v) is 7.33. The summed E-state index contributed by atoms with van der Waals surface area (Å²) in [5.41, 5.74) is 1.35. The van der Waals surface area contributed by atoms with Crippen molar-refractivity contribution in [1.82, 2.24) is 5.32 Å². The monoisotopic (exact) mass is 247 g/mol. The minimum Gasteiger partial charge on any atom is -0.494 e. The number of rotatable bonds is 7. The van der Waals surface area contributed by atoms with Crippen LogP contribution in [0.25, 0.3) is 0 Å². The molecule has 18 heavy (non-hydrogen) atoms. The van der Waals surface area contributed by atoms with E-state index in [4.69, 9.17) is 4.74 Å². The molecule has 1 aromatic rings. The van der Waals surface area contributed by atoms with E-state index in [-0.39, 0.29) is 0 Å². The van der Waals surface area contributed by atoms with E-state index < -0.39 is 0 Å². The Morgan fingerprint density at radius 3 is 2.56 bits per heavy atom. The molecule has 2 rings (SSSR count). The van der Waals surface area contributed by atoms with Crippen LogP contribution in [0.3, 0.4) is 0 Å². The zero-order valence-electron chi connectivity index (χ0n) is 11.5. The number of ether oxygens (including phenoxy) is 1. The summed E-state index contributed by atoms with van der Waals surface area (Å²) < 4.78 is 5.66. The van der Waals surface area contributed by atoms with Gasteiger partial charge >= 0.3 is 0 Å². The van der Waals surface area contributed by atoms with Gasteiger partial charge in [-0.05, 0) is 37.0 Å². The molecule has 0 saturated heterocycles. The van der Waals surface area contributed by atoms with Crippen LogP contribution < -0.4 is 10.1 Å². The lowest BCUT2D eigenvalue weighted by atomic mass is 10.2. The van der Waals surface area contributed by atoms with Gasteiger partial charge in [-0.2, -0.15) is 0 Å². The fourth-order valence-corrected chi connectivity index (χ4v) is 2.43. The van der Waals surface area contributed by atoms with Crippen molar-refractivity contribution in [2.75, 3.05) is 6.61 Å². The molecule has 0 bridgehead atoms. The number of hydrogen-bond donors (Lipinski definition) is 1. The minimum atomic E-state index is 0.741. The summed E-state index contributed by atoms with van der Waals surface area (Å²) in [6.07, 6.45) is 7.79. The maximum Gasteiger partial charge on any atom is 0.119 e. The first-order chi connectivity index (χ1) is 8.88. The third kappa shape index (κ3) is 4.34. The summed E-state index contributed by atoms with van der Waals surface area (Å²) in [6, 6.07) is 9.25. The lowest BCUT2D eigenvalue weighted by molar-refractivity contribution is 0.309. The van der Waals surface area contributed by atoms with E-state index in [9.17, 15) is 0 Å². The molecule has 0 radical (unpaired) electrons. The van der Waals surface area contributed by atoms with E-state index >= 15 is 0 Å². The van der Waals surface area contributed by atoms with Crippen molar-refractivity contribution in [2.45, 2.75) is 58.0 Å². The van der Waals surface area contributed by atoms with Crippen LogP contribution in [0.1, 0.15) is 51.0 Å². The highest BCUT2D eigenvalue weighted by molar-refractivity contribution is 5.27. The maximum atomic E-state index is 5.66.